The van der Waals surface area contributed by atoms with Crippen LogP contribution in [-0.4, -0.2) is 25.2 Å². The maximum Gasteiger partial charge on any atom is 0.307 e. The SMILES string of the molecule is CCOC(=O)CCNC(CC)CC#N. The van der Waals surface area contributed by atoms with E-state index in [1.807, 2.05) is 6.92 Å². The van der Waals surface area contributed by atoms with Gasteiger partial charge in [0.2, 0.25) is 0 Å². The van der Waals surface area contributed by atoms with E-state index in [1.165, 1.54) is 0 Å². The first-order valence-corrected chi connectivity index (χ1v) is 5.00. The summed E-state index contributed by atoms with van der Waals surface area (Å²) < 4.78 is 4.77. The second-order valence-electron chi connectivity index (χ2n) is 2.98. The van der Waals surface area contributed by atoms with Gasteiger partial charge < -0.3 is 10.1 Å². The molecule has 0 saturated heterocycles. The lowest BCUT2D eigenvalue weighted by atomic mass is 10.1. The fourth-order valence-corrected chi connectivity index (χ4v) is 1.08. The number of nitrogens with zero attached hydrogens (tertiary/aromatic N) is 1. The van der Waals surface area contributed by atoms with E-state index >= 15 is 0 Å². The van der Waals surface area contributed by atoms with E-state index in [0.717, 1.165) is 6.42 Å². The Balaban J connectivity index is 3.51. The third kappa shape index (κ3) is 6.44. The number of rotatable bonds is 7. The summed E-state index contributed by atoms with van der Waals surface area (Å²) in [7, 11) is 0. The van der Waals surface area contributed by atoms with Gasteiger partial charge in [-0.3, -0.25) is 4.79 Å². The van der Waals surface area contributed by atoms with Gasteiger partial charge >= 0.3 is 5.97 Å². The van der Waals surface area contributed by atoms with E-state index in [2.05, 4.69) is 11.4 Å². The highest BCUT2D eigenvalue weighted by atomic mass is 16.5. The van der Waals surface area contributed by atoms with Gasteiger partial charge in [-0.15, -0.1) is 0 Å². The van der Waals surface area contributed by atoms with Crippen LogP contribution >= 0.6 is 0 Å². The fraction of sp³-hybridized carbons (Fsp3) is 0.800. The van der Waals surface area contributed by atoms with Crippen LogP contribution in [0.25, 0.3) is 0 Å². The average Bonchev–Trinajstić information content (AvgIpc) is 2.17. The monoisotopic (exact) mass is 198 g/mol. The Kier molecular flexibility index (Phi) is 7.86. The minimum absolute atomic E-state index is 0.188. The van der Waals surface area contributed by atoms with Gasteiger partial charge in [0.1, 0.15) is 0 Å². The van der Waals surface area contributed by atoms with Crippen LogP contribution in [0.3, 0.4) is 0 Å². The van der Waals surface area contributed by atoms with E-state index in [4.69, 9.17) is 10.00 Å². The Bertz CT molecular complexity index is 199. The summed E-state index contributed by atoms with van der Waals surface area (Å²) in [5, 5.41) is 11.6. The predicted octanol–water partition coefficient (Wildman–Crippen LogP) is 1.22. The minimum atomic E-state index is -0.188. The molecule has 0 heterocycles. The van der Waals surface area contributed by atoms with Crippen molar-refractivity contribution in [2.45, 2.75) is 39.2 Å². The van der Waals surface area contributed by atoms with Crippen molar-refractivity contribution in [3.63, 3.8) is 0 Å². The zero-order valence-electron chi connectivity index (χ0n) is 8.88. The molecule has 0 aliphatic rings. The van der Waals surface area contributed by atoms with Gasteiger partial charge in [-0.05, 0) is 13.3 Å². The number of esters is 1. The molecule has 1 atom stereocenters. The van der Waals surface area contributed by atoms with Gasteiger partial charge in [0.15, 0.2) is 0 Å². The van der Waals surface area contributed by atoms with Crippen molar-refractivity contribution in [3.05, 3.63) is 0 Å². The normalized spacial score (nSPS) is 11.8. The number of hydrogen-bond donors (Lipinski definition) is 1. The predicted molar refractivity (Wildman–Crippen MR) is 53.6 cm³/mol. The molecular weight excluding hydrogens is 180 g/mol. The fourth-order valence-electron chi connectivity index (χ4n) is 1.08. The van der Waals surface area contributed by atoms with Crippen LogP contribution in [0, 0.1) is 11.3 Å². The zero-order chi connectivity index (χ0) is 10.8. The van der Waals surface area contributed by atoms with E-state index in [0.29, 0.717) is 26.0 Å². The Hall–Kier alpha value is -1.08. The number of ether oxygens (including phenoxy) is 1. The molecule has 0 aromatic carbocycles. The lowest BCUT2D eigenvalue weighted by Gasteiger charge is -2.12. The number of hydrogen-bond acceptors (Lipinski definition) is 4. The van der Waals surface area contributed by atoms with Crippen molar-refractivity contribution in [2.24, 2.45) is 0 Å². The van der Waals surface area contributed by atoms with Crippen LogP contribution in [0.1, 0.15) is 33.1 Å². The molecule has 0 aromatic heterocycles. The van der Waals surface area contributed by atoms with Crippen LogP contribution in [0.15, 0.2) is 0 Å². The van der Waals surface area contributed by atoms with Crippen molar-refractivity contribution in [3.8, 4) is 6.07 Å². The van der Waals surface area contributed by atoms with E-state index in [1.54, 1.807) is 6.92 Å². The molecule has 0 saturated carbocycles. The van der Waals surface area contributed by atoms with Crippen LogP contribution in [0.4, 0.5) is 0 Å². The summed E-state index contributed by atoms with van der Waals surface area (Å²) in [6, 6.07) is 2.29. The Labute approximate surface area is 85.2 Å². The van der Waals surface area contributed by atoms with E-state index in [-0.39, 0.29) is 12.0 Å². The maximum atomic E-state index is 10.9. The summed E-state index contributed by atoms with van der Waals surface area (Å²) in [6.07, 6.45) is 1.76. The van der Waals surface area contributed by atoms with Crippen molar-refractivity contribution in [1.29, 1.82) is 5.26 Å². The van der Waals surface area contributed by atoms with Crippen LogP contribution in [-0.2, 0) is 9.53 Å². The second kappa shape index (κ2) is 8.52. The average molecular weight is 198 g/mol. The molecule has 0 rings (SSSR count). The number of nitriles is 1. The molecule has 4 nitrogen and oxygen atoms in total. The summed E-state index contributed by atoms with van der Waals surface area (Å²) >= 11 is 0. The van der Waals surface area contributed by atoms with E-state index in [9.17, 15) is 4.79 Å². The highest BCUT2D eigenvalue weighted by Crippen LogP contribution is 1.96. The molecule has 0 aliphatic heterocycles. The summed E-state index contributed by atoms with van der Waals surface area (Å²) in [4.78, 5) is 10.9. The summed E-state index contributed by atoms with van der Waals surface area (Å²) in [5.41, 5.74) is 0. The summed E-state index contributed by atoms with van der Waals surface area (Å²) in [6.45, 7) is 4.81. The van der Waals surface area contributed by atoms with Crippen molar-refractivity contribution < 1.29 is 9.53 Å². The molecular formula is C10H18N2O2. The Morgan fingerprint density at radius 3 is 2.79 bits per heavy atom. The second-order valence-corrected chi connectivity index (χ2v) is 2.98. The lowest BCUT2D eigenvalue weighted by molar-refractivity contribution is -0.143. The van der Waals surface area contributed by atoms with Gasteiger partial charge in [-0.1, -0.05) is 6.92 Å². The van der Waals surface area contributed by atoms with Crippen LogP contribution < -0.4 is 5.32 Å². The molecule has 4 heteroatoms. The number of carbonyl (C=O) groups is 1. The standard InChI is InChI=1S/C10H18N2O2/c1-3-9(5-7-11)12-8-6-10(13)14-4-2/h9,12H,3-6,8H2,1-2H3. The topological polar surface area (TPSA) is 62.1 Å². The molecule has 0 radical (unpaired) electrons. The number of nitrogens with one attached hydrogen (secondary N) is 1. The smallest absolute Gasteiger partial charge is 0.307 e. The minimum Gasteiger partial charge on any atom is -0.466 e. The quantitative estimate of drug-likeness (QED) is 0.625. The van der Waals surface area contributed by atoms with Crippen LogP contribution in [0.5, 0.6) is 0 Å². The van der Waals surface area contributed by atoms with Gasteiger partial charge in [-0.25, -0.2) is 0 Å². The Morgan fingerprint density at radius 2 is 2.29 bits per heavy atom. The first-order chi connectivity index (χ1) is 6.74. The highest BCUT2D eigenvalue weighted by molar-refractivity contribution is 5.69. The third-order valence-electron chi connectivity index (χ3n) is 1.90. The van der Waals surface area contributed by atoms with Gasteiger partial charge in [0, 0.05) is 12.6 Å². The molecule has 0 aromatic rings. The highest BCUT2D eigenvalue weighted by Gasteiger charge is 2.06. The molecule has 80 valence electrons. The lowest BCUT2D eigenvalue weighted by Crippen LogP contribution is -2.30. The van der Waals surface area contributed by atoms with Crippen molar-refractivity contribution in [1.82, 2.24) is 5.32 Å². The third-order valence-corrected chi connectivity index (χ3v) is 1.90. The zero-order valence-corrected chi connectivity index (χ0v) is 8.88. The molecule has 0 bridgehead atoms. The largest absolute Gasteiger partial charge is 0.466 e. The van der Waals surface area contributed by atoms with Crippen molar-refractivity contribution >= 4 is 5.97 Å². The van der Waals surface area contributed by atoms with Crippen molar-refractivity contribution in [2.75, 3.05) is 13.2 Å². The van der Waals surface area contributed by atoms with Crippen LogP contribution in [0.2, 0.25) is 0 Å². The maximum absolute atomic E-state index is 10.9. The molecule has 1 unspecified atom stereocenters. The van der Waals surface area contributed by atoms with Gasteiger partial charge in [0.25, 0.3) is 0 Å². The first kappa shape index (κ1) is 12.9. The first-order valence-electron chi connectivity index (χ1n) is 5.00. The molecule has 0 spiro atoms. The molecule has 1 N–H and O–H groups in total. The molecule has 0 fully saturated rings. The Morgan fingerprint density at radius 1 is 1.57 bits per heavy atom. The van der Waals surface area contributed by atoms with E-state index < -0.39 is 0 Å². The molecule has 0 amide bonds. The molecule has 0 aliphatic carbocycles. The number of carbonyl (C=O) groups excluding carboxylic acids is 1. The molecule has 14 heavy (non-hydrogen) atoms. The van der Waals surface area contributed by atoms with Gasteiger partial charge in [0.05, 0.1) is 25.5 Å². The van der Waals surface area contributed by atoms with Gasteiger partial charge in [-0.2, -0.15) is 5.26 Å². The summed E-state index contributed by atoms with van der Waals surface area (Å²) in [5.74, 6) is -0.188.